The van der Waals surface area contributed by atoms with E-state index >= 15 is 0 Å². The summed E-state index contributed by atoms with van der Waals surface area (Å²) in [4.78, 5) is 29.2. The lowest BCUT2D eigenvalue weighted by molar-refractivity contribution is 0.0929. The van der Waals surface area contributed by atoms with Gasteiger partial charge in [-0.3, -0.25) is 4.79 Å². The highest BCUT2D eigenvalue weighted by atomic mass is 79.9. The fourth-order valence-electron chi connectivity index (χ4n) is 3.25. The number of benzene rings is 1. The average molecular weight is 470 g/mol. The van der Waals surface area contributed by atoms with Crippen LogP contribution in [-0.2, 0) is 0 Å². The molecular formula is C21H20BrN5OS. The molecule has 0 saturated carbocycles. The first-order valence-corrected chi connectivity index (χ1v) is 11.0. The minimum absolute atomic E-state index is 0.0470. The second-order valence-electron chi connectivity index (χ2n) is 6.72. The molecule has 1 atom stereocenters. The van der Waals surface area contributed by atoms with Crippen LogP contribution in [0.15, 0.2) is 75.4 Å². The average Bonchev–Trinajstić information content (AvgIpc) is 2.76. The third-order valence-corrected chi connectivity index (χ3v) is 6.19. The lowest BCUT2D eigenvalue weighted by Crippen LogP contribution is -2.48. The van der Waals surface area contributed by atoms with E-state index in [9.17, 15) is 4.79 Å². The highest BCUT2D eigenvalue weighted by molar-refractivity contribution is 9.10. The van der Waals surface area contributed by atoms with Crippen molar-refractivity contribution in [1.29, 1.82) is 0 Å². The molecule has 1 amide bonds. The number of nitrogens with one attached hydrogen (secondary N) is 1. The van der Waals surface area contributed by atoms with Crippen LogP contribution in [0.5, 0.6) is 0 Å². The maximum Gasteiger partial charge on any atom is 0.254 e. The van der Waals surface area contributed by atoms with Gasteiger partial charge >= 0.3 is 0 Å². The molecule has 0 bridgehead atoms. The molecule has 4 rings (SSSR count). The fourth-order valence-corrected chi connectivity index (χ4v) is 4.40. The number of pyridine rings is 1. The second-order valence-corrected chi connectivity index (χ2v) is 8.70. The standard InChI is InChI=1S/C21H20BrN5OS/c22-15-6-8-17(9-7-15)29-20-18(5-1-10-23-20)19(28)26-16-4-2-13-27(14-16)21-24-11-3-12-25-21/h1,3,5-12,16H,2,4,13-14H2,(H,26,28). The van der Waals surface area contributed by atoms with Crippen LogP contribution in [0.4, 0.5) is 5.95 Å². The molecule has 1 saturated heterocycles. The van der Waals surface area contributed by atoms with Gasteiger partial charge < -0.3 is 10.2 Å². The van der Waals surface area contributed by atoms with Crippen LogP contribution in [0.1, 0.15) is 23.2 Å². The Kier molecular flexibility index (Phi) is 6.41. The lowest BCUT2D eigenvalue weighted by atomic mass is 10.1. The normalized spacial score (nSPS) is 16.4. The lowest BCUT2D eigenvalue weighted by Gasteiger charge is -2.33. The summed E-state index contributed by atoms with van der Waals surface area (Å²) in [7, 11) is 0. The van der Waals surface area contributed by atoms with Crippen LogP contribution in [0, 0.1) is 0 Å². The summed E-state index contributed by atoms with van der Waals surface area (Å²) >= 11 is 4.93. The van der Waals surface area contributed by atoms with E-state index in [0.29, 0.717) is 23.1 Å². The predicted octanol–water partition coefficient (Wildman–Crippen LogP) is 4.18. The molecule has 3 aromatic rings. The largest absolute Gasteiger partial charge is 0.347 e. The zero-order valence-corrected chi connectivity index (χ0v) is 18.1. The zero-order chi connectivity index (χ0) is 20.1. The van der Waals surface area contributed by atoms with E-state index in [1.807, 2.05) is 30.3 Å². The predicted molar refractivity (Wildman–Crippen MR) is 117 cm³/mol. The van der Waals surface area contributed by atoms with Crippen LogP contribution in [0.3, 0.4) is 0 Å². The highest BCUT2D eigenvalue weighted by Crippen LogP contribution is 2.29. The Morgan fingerprint density at radius 2 is 1.83 bits per heavy atom. The van der Waals surface area contributed by atoms with Gasteiger partial charge in [-0.1, -0.05) is 27.7 Å². The number of carbonyl (C=O) groups excluding carboxylic acids is 1. The Labute approximate surface area is 182 Å². The minimum atomic E-state index is -0.0986. The van der Waals surface area contributed by atoms with Crippen LogP contribution in [-0.4, -0.2) is 40.0 Å². The Morgan fingerprint density at radius 1 is 1.07 bits per heavy atom. The molecule has 1 N–H and O–H groups in total. The third-order valence-electron chi connectivity index (χ3n) is 4.64. The second kappa shape index (κ2) is 9.37. The molecule has 0 spiro atoms. The van der Waals surface area contributed by atoms with Crippen molar-refractivity contribution in [2.45, 2.75) is 28.8 Å². The van der Waals surface area contributed by atoms with E-state index in [0.717, 1.165) is 28.8 Å². The Morgan fingerprint density at radius 3 is 2.62 bits per heavy atom. The Hall–Kier alpha value is -2.45. The van der Waals surface area contributed by atoms with Crippen molar-refractivity contribution < 1.29 is 4.79 Å². The van der Waals surface area contributed by atoms with Crippen LogP contribution >= 0.6 is 27.7 Å². The molecule has 3 heterocycles. The van der Waals surface area contributed by atoms with E-state index in [-0.39, 0.29) is 11.9 Å². The van der Waals surface area contributed by atoms with Crippen molar-refractivity contribution >= 4 is 39.5 Å². The van der Waals surface area contributed by atoms with Gasteiger partial charge in [0.15, 0.2) is 0 Å². The third kappa shape index (κ3) is 5.13. The number of anilines is 1. The van der Waals surface area contributed by atoms with Crippen LogP contribution in [0.2, 0.25) is 0 Å². The molecule has 1 aliphatic heterocycles. The molecule has 0 aliphatic carbocycles. The van der Waals surface area contributed by atoms with Crippen molar-refractivity contribution in [3.05, 3.63) is 71.1 Å². The molecular weight excluding hydrogens is 450 g/mol. The van der Waals surface area contributed by atoms with E-state index in [1.165, 1.54) is 11.8 Å². The van der Waals surface area contributed by atoms with E-state index in [4.69, 9.17) is 0 Å². The van der Waals surface area contributed by atoms with Crippen molar-refractivity contribution in [3.8, 4) is 0 Å². The first-order chi connectivity index (χ1) is 14.2. The molecule has 1 aliphatic rings. The number of aromatic nitrogens is 3. The summed E-state index contributed by atoms with van der Waals surface area (Å²) in [5.41, 5.74) is 0.591. The summed E-state index contributed by atoms with van der Waals surface area (Å²) in [5, 5.41) is 3.87. The SMILES string of the molecule is O=C(NC1CCCN(c2ncccn2)C1)c1cccnc1Sc1ccc(Br)cc1. The van der Waals surface area contributed by atoms with E-state index in [1.54, 1.807) is 30.7 Å². The van der Waals surface area contributed by atoms with Gasteiger partial charge in [0.05, 0.1) is 5.56 Å². The quantitative estimate of drug-likeness (QED) is 0.603. The summed E-state index contributed by atoms with van der Waals surface area (Å²) in [5.74, 6) is 0.609. The molecule has 0 radical (unpaired) electrons. The number of rotatable bonds is 5. The maximum absolute atomic E-state index is 13.0. The molecule has 148 valence electrons. The van der Waals surface area contributed by atoms with Crippen LogP contribution in [0.25, 0.3) is 0 Å². The van der Waals surface area contributed by atoms with Crippen molar-refractivity contribution in [3.63, 3.8) is 0 Å². The monoisotopic (exact) mass is 469 g/mol. The summed E-state index contributed by atoms with van der Waals surface area (Å²) in [6, 6.07) is 13.4. The molecule has 8 heteroatoms. The number of hydrogen-bond donors (Lipinski definition) is 1. The number of halogens is 1. The van der Waals surface area contributed by atoms with Gasteiger partial charge in [-0.05, 0) is 55.3 Å². The fraction of sp³-hybridized carbons (Fsp3) is 0.238. The van der Waals surface area contributed by atoms with Crippen LogP contribution < -0.4 is 10.2 Å². The maximum atomic E-state index is 13.0. The van der Waals surface area contributed by atoms with Gasteiger partial charge in [-0.25, -0.2) is 15.0 Å². The van der Waals surface area contributed by atoms with E-state index < -0.39 is 0 Å². The Balaban J connectivity index is 1.45. The first kappa shape index (κ1) is 19.8. The molecule has 29 heavy (non-hydrogen) atoms. The summed E-state index contributed by atoms with van der Waals surface area (Å²) in [6.45, 7) is 1.60. The molecule has 6 nitrogen and oxygen atoms in total. The molecule has 2 aromatic heterocycles. The van der Waals surface area contributed by atoms with Gasteiger partial charge in [0, 0.05) is 47.1 Å². The van der Waals surface area contributed by atoms with Gasteiger partial charge in [-0.15, -0.1) is 0 Å². The smallest absolute Gasteiger partial charge is 0.254 e. The number of carbonyl (C=O) groups is 1. The van der Waals surface area contributed by atoms with Gasteiger partial charge in [-0.2, -0.15) is 0 Å². The number of amides is 1. The first-order valence-electron chi connectivity index (χ1n) is 9.40. The van der Waals surface area contributed by atoms with Crippen molar-refractivity contribution in [1.82, 2.24) is 20.3 Å². The minimum Gasteiger partial charge on any atom is -0.347 e. The van der Waals surface area contributed by atoms with Gasteiger partial charge in [0.25, 0.3) is 5.91 Å². The van der Waals surface area contributed by atoms with Gasteiger partial charge in [0.1, 0.15) is 5.03 Å². The summed E-state index contributed by atoms with van der Waals surface area (Å²) in [6.07, 6.45) is 7.12. The van der Waals surface area contributed by atoms with Gasteiger partial charge in [0.2, 0.25) is 5.95 Å². The zero-order valence-electron chi connectivity index (χ0n) is 15.7. The summed E-state index contributed by atoms with van der Waals surface area (Å²) < 4.78 is 1.02. The topological polar surface area (TPSA) is 71.0 Å². The number of hydrogen-bond acceptors (Lipinski definition) is 6. The number of nitrogens with zero attached hydrogens (tertiary/aromatic N) is 4. The van der Waals surface area contributed by atoms with E-state index in [2.05, 4.69) is 41.1 Å². The van der Waals surface area contributed by atoms with Crippen molar-refractivity contribution in [2.24, 2.45) is 0 Å². The molecule has 1 fully saturated rings. The molecule has 1 aromatic carbocycles. The highest BCUT2D eigenvalue weighted by Gasteiger charge is 2.24. The molecule has 1 unspecified atom stereocenters. The Bertz CT molecular complexity index is 970. The van der Waals surface area contributed by atoms with Crippen molar-refractivity contribution in [2.75, 3.05) is 18.0 Å². The number of piperidine rings is 1.